The van der Waals surface area contributed by atoms with Gasteiger partial charge in [-0.3, -0.25) is 4.79 Å². The summed E-state index contributed by atoms with van der Waals surface area (Å²) in [5, 5.41) is 0. The molecule has 0 rings (SSSR count). The van der Waals surface area contributed by atoms with Gasteiger partial charge in [0.05, 0.1) is 0 Å². The van der Waals surface area contributed by atoms with Crippen LogP contribution < -0.4 is 0 Å². The third-order valence-electron chi connectivity index (χ3n) is 1.82. The van der Waals surface area contributed by atoms with E-state index in [0.29, 0.717) is 19.6 Å². The largest absolute Gasteiger partial charge is 0.460 e. The first kappa shape index (κ1) is 14.4. The molecule has 0 fully saturated rings. The number of carbonyl (C=O) groups excluding carboxylic acids is 1. The smallest absolute Gasteiger partial charge is 0.305 e. The zero-order valence-electron chi connectivity index (χ0n) is 9.95. The van der Waals surface area contributed by atoms with Crippen LogP contribution in [0, 0.1) is 0 Å². The molecule has 0 spiro atoms. The summed E-state index contributed by atoms with van der Waals surface area (Å²) in [6.07, 6.45) is 1.91. The van der Waals surface area contributed by atoms with Crippen LogP contribution in [-0.2, 0) is 19.0 Å². The van der Waals surface area contributed by atoms with Gasteiger partial charge in [-0.2, -0.15) is 0 Å². The summed E-state index contributed by atoms with van der Waals surface area (Å²) in [5.41, 5.74) is 0. The van der Waals surface area contributed by atoms with Crippen molar-refractivity contribution in [2.24, 2.45) is 0 Å². The minimum absolute atomic E-state index is 0.179. The molecule has 15 heavy (non-hydrogen) atoms. The van der Waals surface area contributed by atoms with E-state index in [4.69, 9.17) is 14.2 Å². The Morgan fingerprint density at radius 2 is 1.73 bits per heavy atom. The Kier molecular flexibility index (Phi) is 9.52. The normalized spacial score (nSPS) is 10.7. The molecule has 0 bridgehead atoms. The fourth-order valence-electron chi connectivity index (χ4n) is 1.07. The number of ether oxygens (including phenoxy) is 3. The number of carbonyl (C=O) groups is 1. The predicted molar refractivity (Wildman–Crippen MR) is 57.5 cm³/mol. The monoisotopic (exact) mass is 218 g/mol. The van der Waals surface area contributed by atoms with Gasteiger partial charge in [-0.15, -0.1) is 0 Å². The van der Waals surface area contributed by atoms with Crippen molar-refractivity contribution in [2.75, 3.05) is 19.8 Å². The van der Waals surface area contributed by atoms with Crippen LogP contribution in [-0.4, -0.2) is 32.1 Å². The lowest BCUT2D eigenvalue weighted by Crippen LogP contribution is -2.25. The average molecular weight is 218 g/mol. The molecule has 4 nitrogen and oxygen atoms in total. The van der Waals surface area contributed by atoms with Crippen LogP contribution in [0.25, 0.3) is 0 Å². The molecule has 0 heterocycles. The second kappa shape index (κ2) is 9.93. The molecular weight excluding hydrogens is 196 g/mol. The van der Waals surface area contributed by atoms with Crippen molar-refractivity contribution in [1.29, 1.82) is 0 Å². The van der Waals surface area contributed by atoms with E-state index in [1.807, 2.05) is 20.8 Å². The lowest BCUT2D eigenvalue weighted by Gasteiger charge is -2.16. The average Bonchev–Trinajstić information content (AvgIpc) is 2.23. The Bertz CT molecular complexity index is 153. The van der Waals surface area contributed by atoms with E-state index in [2.05, 4.69) is 0 Å². The minimum atomic E-state index is -0.425. The highest BCUT2D eigenvalue weighted by molar-refractivity contribution is 5.69. The molecular formula is C11H22O4. The summed E-state index contributed by atoms with van der Waals surface area (Å²) in [6, 6.07) is 0. The zero-order valence-corrected chi connectivity index (χ0v) is 9.95. The maximum atomic E-state index is 11.2. The number of esters is 1. The van der Waals surface area contributed by atoms with Crippen LogP contribution in [0.2, 0.25) is 0 Å². The molecule has 0 unspecified atom stereocenters. The summed E-state index contributed by atoms with van der Waals surface area (Å²) < 4.78 is 15.5. The fourth-order valence-corrected chi connectivity index (χ4v) is 1.07. The fraction of sp³-hybridized carbons (Fsp3) is 0.909. The summed E-state index contributed by atoms with van der Waals surface area (Å²) >= 11 is 0. The molecule has 90 valence electrons. The Hall–Kier alpha value is -0.610. The van der Waals surface area contributed by atoms with E-state index in [0.717, 1.165) is 12.8 Å². The van der Waals surface area contributed by atoms with E-state index in [-0.39, 0.29) is 12.6 Å². The third kappa shape index (κ3) is 8.39. The molecule has 0 saturated carbocycles. The molecule has 0 atom stereocenters. The van der Waals surface area contributed by atoms with Crippen molar-refractivity contribution >= 4 is 5.97 Å². The summed E-state index contributed by atoms with van der Waals surface area (Å²) in [5.74, 6) is -0.179. The SMILES string of the molecule is CCCCC(=O)OCC(OCC)OCC. The molecule has 4 heteroatoms. The van der Waals surface area contributed by atoms with Gasteiger partial charge in [0.2, 0.25) is 0 Å². The van der Waals surface area contributed by atoms with Gasteiger partial charge in [-0.05, 0) is 20.3 Å². The van der Waals surface area contributed by atoms with Crippen LogP contribution in [0.3, 0.4) is 0 Å². The van der Waals surface area contributed by atoms with Crippen LogP contribution in [0.4, 0.5) is 0 Å². The first-order chi connectivity index (χ1) is 7.24. The van der Waals surface area contributed by atoms with E-state index in [1.54, 1.807) is 0 Å². The van der Waals surface area contributed by atoms with E-state index < -0.39 is 6.29 Å². The third-order valence-corrected chi connectivity index (χ3v) is 1.82. The molecule has 0 aliphatic heterocycles. The maximum absolute atomic E-state index is 11.2. The molecule has 0 radical (unpaired) electrons. The zero-order chi connectivity index (χ0) is 11.5. The van der Waals surface area contributed by atoms with Gasteiger partial charge in [0.15, 0.2) is 6.29 Å². The van der Waals surface area contributed by atoms with Gasteiger partial charge < -0.3 is 14.2 Å². The van der Waals surface area contributed by atoms with Crippen molar-refractivity contribution in [2.45, 2.75) is 46.3 Å². The predicted octanol–water partition coefficient (Wildman–Crippen LogP) is 2.12. The van der Waals surface area contributed by atoms with Gasteiger partial charge in [-0.1, -0.05) is 13.3 Å². The number of rotatable bonds is 9. The Labute approximate surface area is 91.9 Å². The second-order valence-electron chi connectivity index (χ2n) is 3.13. The highest BCUT2D eigenvalue weighted by Gasteiger charge is 2.11. The van der Waals surface area contributed by atoms with E-state index in [9.17, 15) is 4.79 Å². The molecule has 0 aromatic rings. The second-order valence-corrected chi connectivity index (χ2v) is 3.13. The van der Waals surface area contributed by atoms with Gasteiger partial charge in [0.1, 0.15) is 6.61 Å². The Morgan fingerprint density at radius 3 is 2.20 bits per heavy atom. The summed E-state index contributed by atoms with van der Waals surface area (Å²) in [6.45, 7) is 7.09. The minimum Gasteiger partial charge on any atom is -0.460 e. The molecule has 0 saturated heterocycles. The van der Waals surface area contributed by atoms with Crippen LogP contribution in [0.1, 0.15) is 40.0 Å². The number of hydrogen-bond acceptors (Lipinski definition) is 4. The van der Waals surface area contributed by atoms with Crippen LogP contribution >= 0.6 is 0 Å². The van der Waals surface area contributed by atoms with Gasteiger partial charge >= 0.3 is 5.97 Å². The highest BCUT2D eigenvalue weighted by Crippen LogP contribution is 2.00. The van der Waals surface area contributed by atoms with Crippen molar-refractivity contribution in [3.63, 3.8) is 0 Å². The quantitative estimate of drug-likeness (QED) is 0.439. The van der Waals surface area contributed by atoms with E-state index >= 15 is 0 Å². The van der Waals surface area contributed by atoms with Gasteiger partial charge in [0, 0.05) is 19.6 Å². The number of unbranched alkanes of at least 4 members (excludes halogenated alkanes) is 1. The topological polar surface area (TPSA) is 44.8 Å². The summed E-state index contributed by atoms with van der Waals surface area (Å²) in [4.78, 5) is 11.2. The summed E-state index contributed by atoms with van der Waals surface area (Å²) in [7, 11) is 0. The van der Waals surface area contributed by atoms with Crippen molar-refractivity contribution in [1.82, 2.24) is 0 Å². The van der Waals surface area contributed by atoms with Crippen LogP contribution in [0.15, 0.2) is 0 Å². The number of hydrogen-bond donors (Lipinski definition) is 0. The lowest BCUT2D eigenvalue weighted by molar-refractivity contribution is -0.179. The standard InChI is InChI=1S/C11H22O4/c1-4-7-8-10(12)15-9-11(13-5-2)14-6-3/h11H,4-9H2,1-3H3. The van der Waals surface area contributed by atoms with Crippen molar-refractivity contribution < 1.29 is 19.0 Å². The van der Waals surface area contributed by atoms with Crippen molar-refractivity contribution in [3.8, 4) is 0 Å². The van der Waals surface area contributed by atoms with Gasteiger partial charge in [-0.25, -0.2) is 0 Å². The van der Waals surface area contributed by atoms with E-state index in [1.165, 1.54) is 0 Å². The molecule has 0 aliphatic rings. The van der Waals surface area contributed by atoms with Crippen molar-refractivity contribution in [3.05, 3.63) is 0 Å². The first-order valence-electron chi connectivity index (χ1n) is 5.63. The molecule has 0 amide bonds. The molecule has 0 aliphatic carbocycles. The Balaban J connectivity index is 3.62. The molecule has 0 aromatic heterocycles. The van der Waals surface area contributed by atoms with Crippen LogP contribution in [0.5, 0.6) is 0 Å². The molecule has 0 aromatic carbocycles. The Morgan fingerprint density at radius 1 is 1.13 bits per heavy atom. The maximum Gasteiger partial charge on any atom is 0.305 e. The highest BCUT2D eigenvalue weighted by atomic mass is 16.7. The molecule has 0 N–H and O–H groups in total. The first-order valence-corrected chi connectivity index (χ1v) is 5.63. The van der Waals surface area contributed by atoms with Gasteiger partial charge in [0.25, 0.3) is 0 Å². The lowest BCUT2D eigenvalue weighted by atomic mass is 10.2.